The van der Waals surface area contributed by atoms with E-state index in [4.69, 9.17) is 15.2 Å². The minimum atomic E-state index is -5.35. The highest BCUT2D eigenvalue weighted by Gasteiger charge is 2.58. The van der Waals surface area contributed by atoms with Crippen LogP contribution in [0.3, 0.4) is 0 Å². The normalized spacial score (nSPS) is 19.0. The first kappa shape index (κ1) is 30.3. The summed E-state index contributed by atoms with van der Waals surface area (Å²) in [7, 11) is 0. The lowest BCUT2D eigenvalue weighted by Gasteiger charge is -2.32. The molecule has 0 bridgehead atoms. The summed E-state index contributed by atoms with van der Waals surface area (Å²) in [6.45, 7) is 0.0263. The van der Waals surface area contributed by atoms with Gasteiger partial charge in [-0.3, -0.25) is 14.6 Å². The largest absolute Gasteiger partial charge is 0.489 e. The number of pyridine rings is 2. The van der Waals surface area contributed by atoms with Crippen molar-refractivity contribution in [2.24, 2.45) is 5.73 Å². The maximum atomic E-state index is 14.8. The summed E-state index contributed by atoms with van der Waals surface area (Å²) in [6, 6.07) is 11.9. The monoisotopic (exact) mass is 624 g/mol. The fraction of sp³-hybridized carbons (Fsp3) is 0.312. The Morgan fingerprint density at radius 2 is 1.89 bits per heavy atom. The van der Waals surface area contributed by atoms with Gasteiger partial charge in [0.05, 0.1) is 18.3 Å². The molecule has 0 spiro atoms. The molecule has 3 heterocycles. The van der Waals surface area contributed by atoms with Crippen LogP contribution in [0.1, 0.15) is 47.8 Å². The van der Waals surface area contributed by atoms with Crippen LogP contribution < -0.4 is 20.5 Å². The van der Waals surface area contributed by atoms with Crippen LogP contribution in [0.25, 0.3) is 22.2 Å². The Balaban J connectivity index is 1.41. The van der Waals surface area contributed by atoms with Gasteiger partial charge in [-0.15, -0.1) is 0 Å². The van der Waals surface area contributed by atoms with E-state index in [0.717, 1.165) is 31.0 Å². The summed E-state index contributed by atoms with van der Waals surface area (Å²) < 4.78 is 69.8. The van der Waals surface area contributed by atoms with Crippen LogP contribution in [0.2, 0.25) is 0 Å². The van der Waals surface area contributed by atoms with Crippen LogP contribution >= 0.6 is 0 Å². The number of hydrogen-bond acceptors (Lipinski definition) is 7. The molecule has 1 fully saturated rings. The van der Waals surface area contributed by atoms with Crippen molar-refractivity contribution in [3.05, 3.63) is 83.4 Å². The van der Waals surface area contributed by atoms with Gasteiger partial charge >= 0.3 is 6.18 Å². The molecule has 0 unspecified atom stereocenters. The van der Waals surface area contributed by atoms with Crippen LogP contribution in [0.5, 0.6) is 11.5 Å². The number of nitrogens with one attached hydrogen (secondary N) is 1. The van der Waals surface area contributed by atoms with Crippen molar-refractivity contribution in [1.82, 2.24) is 15.3 Å². The van der Waals surface area contributed by atoms with E-state index in [9.17, 15) is 32.3 Å². The summed E-state index contributed by atoms with van der Waals surface area (Å²) in [5.41, 5.74) is 0.0812. The van der Waals surface area contributed by atoms with E-state index in [1.54, 1.807) is 25.3 Å². The summed E-state index contributed by atoms with van der Waals surface area (Å²) in [5, 5.41) is 14.1. The van der Waals surface area contributed by atoms with Crippen LogP contribution in [0.4, 0.5) is 17.6 Å². The molecule has 2 aliphatic rings. The number of carbonyl (C=O) groups excluding carboxylic acids is 2. The van der Waals surface area contributed by atoms with Crippen molar-refractivity contribution in [3.8, 4) is 22.8 Å². The van der Waals surface area contributed by atoms with Crippen molar-refractivity contribution in [3.63, 3.8) is 0 Å². The van der Waals surface area contributed by atoms with Crippen molar-refractivity contribution in [2.75, 3.05) is 13.2 Å². The van der Waals surface area contributed by atoms with E-state index in [1.807, 2.05) is 0 Å². The lowest BCUT2D eigenvalue weighted by Crippen LogP contribution is -2.52. The Kier molecular flexibility index (Phi) is 7.39. The zero-order chi connectivity index (χ0) is 32.1. The minimum absolute atomic E-state index is 0.000257. The summed E-state index contributed by atoms with van der Waals surface area (Å²) >= 11 is 0. The van der Waals surface area contributed by atoms with Gasteiger partial charge in [-0.25, -0.2) is 9.37 Å². The molecule has 2 aromatic carbocycles. The molecule has 4 aromatic rings. The van der Waals surface area contributed by atoms with E-state index in [-0.39, 0.29) is 47.3 Å². The number of ether oxygens (including phenoxy) is 2. The van der Waals surface area contributed by atoms with E-state index < -0.39 is 47.1 Å². The second-order valence-corrected chi connectivity index (χ2v) is 11.2. The summed E-state index contributed by atoms with van der Waals surface area (Å²) in [6.07, 6.45) is -2.09. The summed E-state index contributed by atoms with van der Waals surface area (Å²) in [5.74, 6) is -2.04. The van der Waals surface area contributed by atoms with Gasteiger partial charge in [0, 0.05) is 28.3 Å². The quantitative estimate of drug-likeness (QED) is 0.230. The molecule has 234 valence electrons. The third-order valence-corrected chi connectivity index (χ3v) is 8.29. The maximum Gasteiger partial charge on any atom is 0.424 e. The van der Waals surface area contributed by atoms with Crippen molar-refractivity contribution in [1.29, 1.82) is 0 Å². The van der Waals surface area contributed by atoms with Gasteiger partial charge in [0.25, 0.3) is 5.91 Å². The molecule has 45 heavy (non-hydrogen) atoms. The predicted molar refractivity (Wildman–Crippen MR) is 154 cm³/mol. The highest BCUT2D eigenvalue weighted by molar-refractivity contribution is 6.00. The molecule has 13 heteroatoms. The summed E-state index contributed by atoms with van der Waals surface area (Å²) in [4.78, 5) is 34.4. The van der Waals surface area contributed by atoms with Crippen LogP contribution in [-0.4, -0.2) is 52.3 Å². The molecule has 6 rings (SSSR count). The smallest absolute Gasteiger partial charge is 0.424 e. The number of halogens is 4. The van der Waals surface area contributed by atoms with Crippen molar-refractivity contribution < 1.29 is 41.7 Å². The molecule has 1 saturated carbocycles. The molecule has 2 aromatic heterocycles. The Bertz CT molecular complexity index is 1810. The van der Waals surface area contributed by atoms with Crippen LogP contribution in [0.15, 0.2) is 60.8 Å². The molecule has 4 N–H and O–H groups in total. The van der Waals surface area contributed by atoms with Gasteiger partial charge in [0.15, 0.2) is 0 Å². The number of aliphatic hydroxyl groups is 1. The van der Waals surface area contributed by atoms with Gasteiger partial charge in [0.2, 0.25) is 11.5 Å². The second-order valence-electron chi connectivity index (χ2n) is 11.2. The SMILES string of the molecule is CC[C@@]1(C(N)=O)COc2c1cc([C@@](O)(CNC(=O)c1cc(OC3CC3)c3ncccc3c1)C(F)(F)F)nc2-c1ccc(F)cc1. The highest BCUT2D eigenvalue weighted by atomic mass is 19.4. The van der Waals surface area contributed by atoms with E-state index in [1.165, 1.54) is 24.3 Å². The third-order valence-electron chi connectivity index (χ3n) is 8.29. The number of carbonyl (C=O) groups is 2. The lowest BCUT2D eigenvalue weighted by atomic mass is 9.78. The molecular weight excluding hydrogens is 596 g/mol. The van der Waals surface area contributed by atoms with E-state index >= 15 is 0 Å². The molecule has 0 radical (unpaired) electrons. The molecule has 0 saturated heterocycles. The topological polar surface area (TPSA) is 137 Å². The maximum absolute atomic E-state index is 14.8. The third kappa shape index (κ3) is 5.30. The fourth-order valence-corrected chi connectivity index (χ4v) is 5.39. The van der Waals surface area contributed by atoms with Gasteiger partial charge < -0.3 is 25.6 Å². The number of amides is 2. The highest BCUT2D eigenvalue weighted by Crippen LogP contribution is 2.49. The second kappa shape index (κ2) is 11.0. The minimum Gasteiger partial charge on any atom is -0.489 e. The molecule has 2 atom stereocenters. The Morgan fingerprint density at radius 3 is 2.53 bits per heavy atom. The molecule has 1 aliphatic carbocycles. The molecule has 2 amide bonds. The first-order valence-corrected chi connectivity index (χ1v) is 14.2. The van der Waals surface area contributed by atoms with Gasteiger partial charge in [-0.05, 0) is 67.8 Å². The number of primary amides is 1. The zero-order valence-electron chi connectivity index (χ0n) is 24.0. The average Bonchev–Trinajstić information content (AvgIpc) is 3.75. The Morgan fingerprint density at radius 1 is 1.16 bits per heavy atom. The molecule has 9 nitrogen and oxygen atoms in total. The number of rotatable bonds is 9. The molecule has 1 aliphatic heterocycles. The van der Waals surface area contributed by atoms with Crippen molar-refractivity contribution >= 4 is 22.7 Å². The van der Waals surface area contributed by atoms with Gasteiger partial charge in [0.1, 0.15) is 40.5 Å². The average molecular weight is 625 g/mol. The first-order valence-electron chi connectivity index (χ1n) is 14.2. The number of aromatic nitrogens is 2. The fourth-order valence-electron chi connectivity index (χ4n) is 5.39. The van der Waals surface area contributed by atoms with Gasteiger partial charge in [-0.2, -0.15) is 13.2 Å². The lowest BCUT2D eigenvalue weighted by molar-refractivity contribution is -0.265. The Labute approximate surface area is 254 Å². The number of fused-ring (bicyclic) bond motifs is 2. The predicted octanol–water partition coefficient (Wildman–Crippen LogP) is 4.68. The van der Waals surface area contributed by atoms with Crippen LogP contribution in [0, 0.1) is 5.82 Å². The van der Waals surface area contributed by atoms with Crippen LogP contribution in [-0.2, 0) is 15.8 Å². The number of alkyl halides is 3. The van der Waals surface area contributed by atoms with E-state index in [0.29, 0.717) is 16.7 Å². The number of hydrogen-bond donors (Lipinski definition) is 3. The number of benzene rings is 2. The van der Waals surface area contributed by atoms with Crippen molar-refractivity contribution in [2.45, 2.75) is 49.5 Å². The molecular formula is C32H28F4N4O5. The first-order chi connectivity index (χ1) is 21.4. The number of nitrogens with zero attached hydrogens (tertiary/aromatic N) is 2. The van der Waals surface area contributed by atoms with Gasteiger partial charge in [-0.1, -0.05) is 13.0 Å². The van der Waals surface area contributed by atoms with E-state index in [2.05, 4.69) is 15.3 Å². The Hall–Kier alpha value is -4.78. The standard InChI is InChI=1S/C32H28F4N4O5/c1-2-30(29(37)42)16-44-27-22(30)14-24(40-26(27)17-5-7-20(33)8-6-17)31(43,32(34,35)36)15-39-28(41)19-12-18-4-3-11-38-25(18)23(13-19)45-21-9-10-21/h3-8,11-14,21,43H,2,9-10,15-16H2,1H3,(H2,37,42)(H,39,41)/t30-,31+/m1/s1. The number of nitrogens with two attached hydrogens (primary N) is 1. The zero-order valence-corrected chi connectivity index (χ0v) is 24.0.